The van der Waals surface area contributed by atoms with Gasteiger partial charge in [-0.3, -0.25) is 10.1 Å². The van der Waals surface area contributed by atoms with E-state index >= 15 is 0 Å². The quantitative estimate of drug-likeness (QED) is 0.833. The third-order valence-corrected chi connectivity index (χ3v) is 4.57. The highest BCUT2D eigenvalue weighted by Gasteiger charge is 2.46. The maximum absolute atomic E-state index is 12.4. The van der Waals surface area contributed by atoms with Gasteiger partial charge in [0, 0.05) is 6.20 Å². The van der Waals surface area contributed by atoms with Crippen LogP contribution in [-0.2, 0) is 9.53 Å². The Morgan fingerprint density at radius 1 is 1.48 bits per heavy atom. The highest BCUT2D eigenvalue weighted by Crippen LogP contribution is 2.29. The lowest BCUT2D eigenvalue weighted by Crippen LogP contribution is -2.48. The Labute approximate surface area is 134 Å². The van der Waals surface area contributed by atoms with Crippen LogP contribution in [0.1, 0.15) is 43.0 Å². The Balaban J connectivity index is 2.08. The number of nitrogens with one attached hydrogen (secondary N) is 2. The lowest BCUT2D eigenvalue weighted by Gasteiger charge is -2.26. The number of hydrogen-bond donors (Lipinski definition) is 2. The van der Waals surface area contributed by atoms with Crippen LogP contribution in [-0.4, -0.2) is 34.1 Å². The molecule has 122 valence electrons. The summed E-state index contributed by atoms with van der Waals surface area (Å²) in [4.78, 5) is 24.5. The summed E-state index contributed by atoms with van der Waals surface area (Å²) in [5.41, 5.74) is 0.846. The van der Waals surface area contributed by atoms with Gasteiger partial charge in [-0.25, -0.2) is 9.31 Å². The molecule has 1 saturated heterocycles. The molecule has 23 heavy (non-hydrogen) atoms. The molecule has 0 aliphatic carbocycles. The van der Waals surface area contributed by atoms with Crippen LogP contribution in [0, 0.1) is 5.92 Å². The Morgan fingerprint density at radius 2 is 2.22 bits per heavy atom. The number of carbonyl (C=O) groups is 2. The fourth-order valence-corrected chi connectivity index (χ4v) is 2.72. The largest absolute Gasteiger partial charge is 0.465 e. The lowest BCUT2D eigenvalue weighted by atomic mass is 9.89. The molecule has 2 N–H and O–H groups in total. The van der Waals surface area contributed by atoms with Gasteiger partial charge in [0.25, 0.3) is 0 Å². The van der Waals surface area contributed by atoms with Gasteiger partial charge >= 0.3 is 5.97 Å². The second-order valence-electron chi connectivity index (χ2n) is 6.22. The zero-order valence-electron chi connectivity index (χ0n) is 13.6. The van der Waals surface area contributed by atoms with Crippen molar-refractivity contribution in [3.63, 3.8) is 0 Å². The van der Waals surface area contributed by atoms with E-state index in [4.69, 9.17) is 4.74 Å². The molecule has 2 aromatic rings. The zero-order chi connectivity index (χ0) is 16.8. The van der Waals surface area contributed by atoms with Gasteiger partial charge in [-0.05, 0) is 31.0 Å². The maximum Gasteiger partial charge on any atom is 0.340 e. The van der Waals surface area contributed by atoms with Crippen molar-refractivity contribution in [2.45, 2.75) is 32.5 Å². The van der Waals surface area contributed by atoms with E-state index in [0.29, 0.717) is 11.3 Å². The van der Waals surface area contributed by atoms with Crippen molar-refractivity contribution in [1.82, 2.24) is 20.2 Å². The van der Waals surface area contributed by atoms with Gasteiger partial charge < -0.3 is 10.1 Å². The number of methoxy groups -OCH3 is 1. The average molecular weight is 316 g/mol. The molecule has 0 saturated carbocycles. The summed E-state index contributed by atoms with van der Waals surface area (Å²) in [7, 11) is 1.33. The number of ether oxygens (including phenoxy) is 1. The van der Waals surface area contributed by atoms with Crippen molar-refractivity contribution in [2.75, 3.05) is 7.11 Å². The second kappa shape index (κ2) is 5.34. The molecule has 0 radical (unpaired) electrons. The van der Waals surface area contributed by atoms with E-state index in [1.807, 2.05) is 32.9 Å². The normalized spacial score (nSPS) is 24.2. The van der Waals surface area contributed by atoms with Gasteiger partial charge in [-0.1, -0.05) is 13.8 Å². The number of esters is 1. The van der Waals surface area contributed by atoms with Gasteiger partial charge in [0.1, 0.15) is 11.9 Å². The van der Waals surface area contributed by atoms with Crippen LogP contribution in [0.3, 0.4) is 0 Å². The molecule has 0 aromatic carbocycles. The first-order valence-electron chi connectivity index (χ1n) is 7.52. The van der Waals surface area contributed by atoms with Crippen molar-refractivity contribution < 1.29 is 14.3 Å². The fourth-order valence-electron chi connectivity index (χ4n) is 2.72. The standard InChI is InChI=1S/C16H20N4O3/c1-9(2)16(3)15(22)17-13(18-16)12-11(14(21)23-4)8-10-6-5-7-20(10)19-12/h5-9,13,18H,1-4H3,(H,17,22). The summed E-state index contributed by atoms with van der Waals surface area (Å²) in [6.07, 6.45) is 1.24. The molecule has 7 nitrogen and oxygen atoms in total. The smallest absolute Gasteiger partial charge is 0.340 e. The van der Waals surface area contributed by atoms with Crippen molar-refractivity contribution in [3.8, 4) is 0 Å². The van der Waals surface area contributed by atoms with Gasteiger partial charge in [-0.15, -0.1) is 0 Å². The molecule has 1 aliphatic rings. The minimum absolute atomic E-state index is 0.0874. The lowest BCUT2D eigenvalue weighted by molar-refractivity contribution is -0.125. The summed E-state index contributed by atoms with van der Waals surface area (Å²) in [5, 5.41) is 10.6. The minimum atomic E-state index is -0.717. The van der Waals surface area contributed by atoms with Crippen LogP contribution < -0.4 is 10.6 Å². The van der Waals surface area contributed by atoms with Gasteiger partial charge in [0.2, 0.25) is 5.91 Å². The van der Waals surface area contributed by atoms with E-state index < -0.39 is 17.7 Å². The Bertz CT molecular complexity index is 783. The average Bonchev–Trinajstić information content (AvgIpc) is 3.10. The van der Waals surface area contributed by atoms with Crippen molar-refractivity contribution in [3.05, 3.63) is 35.7 Å². The Hall–Kier alpha value is -2.41. The van der Waals surface area contributed by atoms with Crippen molar-refractivity contribution >= 4 is 17.4 Å². The van der Waals surface area contributed by atoms with Gasteiger partial charge in [0.15, 0.2) is 0 Å². The molecular weight excluding hydrogens is 296 g/mol. The molecule has 3 rings (SSSR count). The third kappa shape index (κ3) is 2.37. The maximum atomic E-state index is 12.4. The summed E-state index contributed by atoms with van der Waals surface area (Å²) in [6, 6.07) is 5.40. The molecule has 2 aromatic heterocycles. The van der Waals surface area contributed by atoms with E-state index in [-0.39, 0.29) is 11.8 Å². The van der Waals surface area contributed by atoms with Gasteiger partial charge in [0.05, 0.1) is 23.7 Å². The molecule has 2 atom stereocenters. The molecular formula is C16H20N4O3. The summed E-state index contributed by atoms with van der Waals surface area (Å²) in [6.45, 7) is 5.79. The Kier molecular flexibility index (Phi) is 3.60. The fraction of sp³-hybridized carbons (Fsp3) is 0.438. The van der Waals surface area contributed by atoms with Crippen molar-refractivity contribution in [1.29, 1.82) is 0 Å². The van der Waals surface area contributed by atoms with Crippen LogP contribution in [0.5, 0.6) is 0 Å². The number of nitrogens with zero attached hydrogens (tertiary/aromatic N) is 2. The van der Waals surface area contributed by atoms with Crippen LogP contribution in [0.4, 0.5) is 0 Å². The number of aromatic nitrogens is 2. The summed E-state index contributed by atoms with van der Waals surface area (Å²) < 4.78 is 6.53. The first kappa shape index (κ1) is 15.5. The zero-order valence-corrected chi connectivity index (χ0v) is 13.6. The molecule has 0 spiro atoms. The van der Waals surface area contributed by atoms with Crippen molar-refractivity contribution in [2.24, 2.45) is 5.92 Å². The number of rotatable bonds is 3. The van der Waals surface area contributed by atoms with E-state index in [9.17, 15) is 9.59 Å². The molecule has 1 aliphatic heterocycles. The third-order valence-electron chi connectivity index (χ3n) is 4.57. The molecule has 7 heteroatoms. The molecule has 1 amide bonds. The molecule has 1 fully saturated rings. The first-order chi connectivity index (χ1) is 10.9. The van der Waals surface area contributed by atoms with E-state index in [0.717, 1.165) is 5.52 Å². The topological polar surface area (TPSA) is 84.7 Å². The van der Waals surface area contributed by atoms with Crippen LogP contribution >= 0.6 is 0 Å². The number of hydrogen-bond acceptors (Lipinski definition) is 5. The number of carbonyl (C=O) groups excluding carboxylic acids is 2. The van der Waals surface area contributed by atoms with E-state index in [1.165, 1.54) is 7.11 Å². The molecule has 2 unspecified atom stereocenters. The highest BCUT2D eigenvalue weighted by atomic mass is 16.5. The predicted molar refractivity (Wildman–Crippen MR) is 83.8 cm³/mol. The second-order valence-corrected chi connectivity index (χ2v) is 6.22. The number of fused-ring (bicyclic) bond motifs is 1. The first-order valence-corrected chi connectivity index (χ1v) is 7.52. The highest BCUT2D eigenvalue weighted by molar-refractivity contribution is 5.93. The predicted octanol–water partition coefficient (Wildman–Crippen LogP) is 1.25. The van der Waals surface area contributed by atoms with Crippen LogP contribution in [0.25, 0.3) is 5.52 Å². The van der Waals surface area contributed by atoms with E-state index in [1.54, 1.807) is 16.8 Å². The molecule has 0 bridgehead atoms. The number of amides is 1. The SMILES string of the molecule is COC(=O)c1cc2cccn2nc1C1NC(=O)C(C)(C(C)C)N1. The summed E-state index contributed by atoms with van der Waals surface area (Å²) in [5.74, 6) is -0.502. The van der Waals surface area contributed by atoms with Crippen LogP contribution in [0.2, 0.25) is 0 Å². The van der Waals surface area contributed by atoms with E-state index in [2.05, 4.69) is 15.7 Å². The monoisotopic (exact) mass is 316 g/mol. The Morgan fingerprint density at radius 3 is 2.83 bits per heavy atom. The van der Waals surface area contributed by atoms with Gasteiger partial charge in [-0.2, -0.15) is 5.10 Å². The molecule has 3 heterocycles. The minimum Gasteiger partial charge on any atom is -0.465 e. The van der Waals surface area contributed by atoms with Crippen LogP contribution in [0.15, 0.2) is 24.4 Å². The summed E-state index contributed by atoms with van der Waals surface area (Å²) >= 11 is 0.